The standard InChI is InChI=1S/C32H37NO6/c1-31(2,3)39-30(35)33-19-17-25(18-20-33)23-38-29(34)32(36,26-13-8-5-9-14-26)27-15-10-16-28(21-27)37-22-24-11-6-4-7-12-24/h4-16,21,25,36H,17-20,22-23H2,1-3H3/t32-/m1/s1. The van der Waals surface area contributed by atoms with Gasteiger partial charge < -0.3 is 24.2 Å². The van der Waals surface area contributed by atoms with Gasteiger partial charge in [-0.1, -0.05) is 72.8 Å². The Morgan fingerprint density at radius 2 is 1.49 bits per heavy atom. The maximum atomic E-state index is 13.5. The Labute approximate surface area is 230 Å². The second kappa shape index (κ2) is 12.3. The fourth-order valence-corrected chi connectivity index (χ4v) is 4.54. The molecule has 7 nitrogen and oxygen atoms in total. The van der Waals surface area contributed by atoms with Gasteiger partial charge in [-0.15, -0.1) is 0 Å². The van der Waals surface area contributed by atoms with Crippen molar-refractivity contribution in [1.82, 2.24) is 4.90 Å². The Balaban J connectivity index is 1.44. The molecule has 0 unspecified atom stereocenters. The first-order valence-corrected chi connectivity index (χ1v) is 13.4. The molecule has 1 heterocycles. The van der Waals surface area contributed by atoms with Crippen molar-refractivity contribution in [2.24, 2.45) is 5.92 Å². The van der Waals surface area contributed by atoms with Gasteiger partial charge in [0.1, 0.15) is 18.0 Å². The maximum Gasteiger partial charge on any atom is 0.410 e. The highest BCUT2D eigenvalue weighted by Crippen LogP contribution is 2.34. The highest BCUT2D eigenvalue weighted by molar-refractivity contribution is 5.85. The molecule has 0 aliphatic carbocycles. The monoisotopic (exact) mass is 531 g/mol. The highest BCUT2D eigenvalue weighted by Gasteiger charge is 2.42. The average molecular weight is 532 g/mol. The summed E-state index contributed by atoms with van der Waals surface area (Å²) in [4.78, 5) is 27.6. The van der Waals surface area contributed by atoms with Gasteiger partial charge in [0.15, 0.2) is 0 Å². The first-order valence-electron chi connectivity index (χ1n) is 13.4. The minimum atomic E-state index is -2.01. The predicted molar refractivity (Wildman–Crippen MR) is 148 cm³/mol. The Hall–Kier alpha value is -3.84. The van der Waals surface area contributed by atoms with E-state index in [1.807, 2.05) is 57.2 Å². The molecular weight excluding hydrogens is 494 g/mol. The van der Waals surface area contributed by atoms with Crippen LogP contribution in [0.15, 0.2) is 84.9 Å². The lowest BCUT2D eigenvalue weighted by molar-refractivity contribution is -0.164. The molecule has 0 saturated carbocycles. The molecule has 206 valence electrons. The van der Waals surface area contributed by atoms with Gasteiger partial charge in [-0.2, -0.15) is 0 Å². The Bertz CT molecular complexity index is 1230. The number of aliphatic hydroxyl groups is 1. The number of piperidine rings is 1. The third-order valence-corrected chi connectivity index (χ3v) is 6.70. The van der Waals surface area contributed by atoms with E-state index >= 15 is 0 Å². The fraction of sp³-hybridized carbons (Fsp3) is 0.375. The van der Waals surface area contributed by atoms with Gasteiger partial charge >= 0.3 is 12.1 Å². The van der Waals surface area contributed by atoms with Crippen LogP contribution >= 0.6 is 0 Å². The zero-order valence-corrected chi connectivity index (χ0v) is 22.8. The van der Waals surface area contributed by atoms with Gasteiger partial charge in [0.05, 0.1) is 6.61 Å². The fourth-order valence-electron chi connectivity index (χ4n) is 4.54. The summed E-state index contributed by atoms with van der Waals surface area (Å²) >= 11 is 0. The van der Waals surface area contributed by atoms with Gasteiger partial charge in [-0.3, -0.25) is 0 Å². The van der Waals surface area contributed by atoms with Crippen LogP contribution in [0.3, 0.4) is 0 Å². The van der Waals surface area contributed by atoms with Crippen LogP contribution in [0.2, 0.25) is 0 Å². The van der Waals surface area contributed by atoms with Crippen molar-refractivity contribution in [3.8, 4) is 5.75 Å². The lowest BCUT2D eigenvalue weighted by atomic mass is 9.86. The molecule has 1 N–H and O–H groups in total. The summed E-state index contributed by atoms with van der Waals surface area (Å²) in [6.07, 6.45) is 1.03. The molecule has 7 heteroatoms. The van der Waals surface area contributed by atoms with E-state index in [4.69, 9.17) is 14.2 Å². The summed E-state index contributed by atoms with van der Waals surface area (Å²) in [5.74, 6) is -0.135. The molecule has 0 bridgehead atoms. The van der Waals surface area contributed by atoms with E-state index < -0.39 is 17.2 Å². The number of hydrogen-bond acceptors (Lipinski definition) is 6. The lowest BCUT2D eigenvalue weighted by Gasteiger charge is -2.34. The van der Waals surface area contributed by atoms with Gasteiger partial charge in [0, 0.05) is 18.7 Å². The van der Waals surface area contributed by atoms with E-state index in [0.29, 0.717) is 49.4 Å². The maximum absolute atomic E-state index is 13.5. The Morgan fingerprint density at radius 3 is 2.13 bits per heavy atom. The zero-order chi connectivity index (χ0) is 27.9. The molecule has 1 amide bonds. The molecular formula is C32H37NO6. The molecule has 0 radical (unpaired) electrons. The van der Waals surface area contributed by atoms with Crippen molar-refractivity contribution in [1.29, 1.82) is 0 Å². The van der Waals surface area contributed by atoms with Crippen molar-refractivity contribution in [2.45, 2.75) is 51.4 Å². The van der Waals surface area contributed by atoms with Gasteiger partial charge in [0.25, 0.3) is 0 Å². The summed E-state index contributed by atoms with van der Waals surface area (Å²) in [5.41, 5.74) is -0.767. The van der Waals surface area contributed by atoms with Crippen molar-refractivity contribution < 1.29 is 28.9 Å². The largest absolute Gasteiger partial charge is 0.489 e. The van der Waals surface area contributed by atoms with Crippen LogP contribution in [0.25, 0.3) is 0 Å². The van der Waals surface area contributed by atoms with Gasteiger partial charge in [-0.05, 0) is 62.8 Å². The quantitative estimate of drug-likeness (QED) is 0.376. The van der Waals surface area contributed by atoms with Crippen molar-refractivity contribution in [2.75, 3.05) is 19.7 Å². The molecule has 1 fully saturated rings. The SMILES string of the molecule is CC(C)(C)OC(=O)N1CCC(COC(=O)[C@@](O)(c2ccccc2)c2cccc(OCc3ccccc3)c2)CC1. The second-order valence-electron chi connectivity index (χ2n) is 10.9. The van der Waals surface area contributed by atoms with Crippen LogP contribution in [0, 0.1) is 5.92 Å². The third kappa shape index (κ3) is 7.39. The number of nitrogens with zero attached hydrogens (tertiary/aromatic N) is 1. The van der Waals surface area contributed by atoms with Gasteiger partial charge in [0.2, 0.25) is 5.60 Å². The summed E-state index contributed by atoms with van der Waals surface area (Å²) in [6.45, 7) is 7.10. The third-order valence-electron chi connectivity index (χ3n) is 6.70. The summed E-state index contributed by atoms with van der Waals surface area (Å²) in [7, 11) is 0. The number of esters is 1. The van der Waals surface area contributed by atoms with Crippen LogP contribution in [0.5, 0.6) is 5.75 Å². The molecule has 0 spiro atoms. The number of carbonyl (C=O) groups is 2. The van der Waals surface area contributed by atoms with E-state index in [1.165, 1.54) is 0 Å². The smallest absolute Gasteiger partial charge is 0.410 e. The van der Waals surface area contributed by atoms with Crippen LogP contribution in [0.1, 0.15) is 50.3 Å². The molecule has 3 aromatic carbocycles. The zero-order valence-electron chi connectivity index (χ0n) is 22.8. The normalized spacial score (nSPS) is 15.7. The van der Waals surface area contributed by atoms with E-state index in [1.54, 1.807) is 53.4 Å². The van der Waals surface area contributed by atoms with Crippen LogP contribution in [0.4, 0.5) is 4.79 Å². The van der Waals surface area contributed by atoms with E-state index in [0.717, 1.165) is 5.56 Å². The number of benzene rings is 3. The van der Waals surface area contributed by atoms with Crippen LogP contribution < -0.4 is 4.74 Å². The van der Waals surface area contributed by atoms with Crippen molar-refractivity contribution in [3.63, 3.8) is 0 Å². The van der Waals surface area contributed by atoms with E-state index in [-0.39, 0.29) is 18.6 Å². The Morgan fingerprint density at radius 1 is 0.872 bits per heavy atom. The topological polar surface area (TPSA) is 85.3 Å². The molecule has 4 rings (SSSR count). The number of rotatable bonds is 8. The predicted octanol–water partition coefficient (Wildman–Crippen LogP) is 5.69. The minimum absolute atomic E-state index is 0.0770. The molecule has 39 heavy (non-hydrogen) atoms. The van der Waals surface area contributed by atoms with Crippen molar-refractivity contribution >= 4 is 12.1 Å². The molecule has 1 aliphatic heterocycles. The molecule has 3 aromatic rings. The first-order chi connectivity index (χ1) is 18.6. The Kier molecular flexibility index (Phi) is 8.92. The van der Waals surface area contributed by atoms with Crippen LogP contribution in [-0.2, 0) is 26.5 Å². The number of likely N-dealkylation sites (tertiary alicyclic amines) is 1. The first kappa shape index (κ1) is 28.2. The minimum Gasteiger partial charge on any atom is -0.489 e. The number of amides is 1. The number of ether oxygens (including phenoxy) is 3. The molecule has 1 atom stereocenters. The van der Waals surface area contributed by atoms with Crippen molar-refractivity contribution in [3.05, 3.63) is 102 Å². The van der Waals surface area contributed by atoms with Crippen LogP contribution in [-0.4, -0.2) is 47.4 Å². The molecule has 1 saturated heterocycles. The van der Waals surface area contributed by atoms with E-state index in [9.17, 15) is 14.7 Å². The van der Waals surface area contributed by atoms with E-state index in [2.05, 4.69) is 0 Å². The second-order valence-corrected chi connectivity index (χ2v) is 10.9. The summed E-state index contributed by atoms with van der Waals surface area (Å²) in [6, 6.07) is 25.5. The lowest BCUT2D eigenvalue weighted by Crippen LogP contribution is -2.43. The van der Waals surface area contributed by atoms with Gasteiger partial charge in [-0.25, -0.2) is 9.59 Å². The average Bonchev–Trinajstić information content (AvgIpc) is 2.95. The molecule has 1 aliphatic rings. The highest BCUT2D eigenvalue weighted by atomic mass is 16.6. The number of carbonyl (C=O) groups excluding carboxylic acids is 2. The summed E-state index contributed by atoms with van der Waals surface area (Å²) < 4.78 is 17.2. The number of hydrogen-bond donors (Lipinski definition) is 1. The molecule has 0 aromatic heterocycles. The summed E-state index contributed by atoms with van der Waals surface area (Å²) in [5, 5.41) is 11.9.